The maximum Gasteiger partial charge on any atom is 0.249 e. The molecule has 1 aromatic heterocycles. The summed E-state index contributed by atoms with van der Waals surface area (Å²) < 4.78 is 13.4. The van der Waals surface area contributed by atoms with E-state index in [1.165, 1.54) is 0 Å². The molecule has 1 amide bonds. The number of carbonyl (C=O) groups excluding carboxylic acids is 1. The maximum atomic E-state index is 12.1. The van der Waals surface area contributed by atoms with E-state index >= 15 is 0 Å². The van der Waals surface area contributed by atoms with Crippen LogP contribution in [0.4, 0.5) is 0 Å². The summed E-state index contributed by atoms with van der Waals surface area (Å²) in [6.45, 7) is 3.73. The van der Waals surface area contributed by atoms with E-state index in [1.54, 1.807) is 13.2 Å². The highest BCUT2D eigenvalue weighted by Gasteiger charge is 2.17. The molecule has 0 aliphatic rings. The van der Waals surface area contributed by atoms with Crippen molar-refractivity contribution in [3.05, 3.63) is 77.4 Å². The van der Waals surface area contributed by atoms with E-state index in [0.717, 1.165) is 38.7 Å². The number of methoxy groups -OCH3 is 1. The average molecular weight is 388 g/mol. The van der Waals surface area contributed by atoms with Crippen molar-refractivity contribution in [1.82, 2.24) is 4.57 Å². The standard InChI is InChI=1S/C24H24N2O3/c1-3-29-22-10-5-4-7-17(22)14-26-20-9-6-8-19(24(25)27)23(20)18-12-11-16(15-28-2)13-21(18)26/h4-13H,3,14-15H2,1-2H3,(H2,25,27). The Balaban J connectivity index is 1.99. The minimum absolute atomic E-state index is 0.426. The van der Waals surface area contributed by atoms with Crippen molar-refractivity contribution in [3.63, 3.8) is 0 Å². The first kappa shape index (κ1) is 19.0. The molecule has 2 N–H and O–H groups in total. The fraction of sp³-hybridized carbons (Fsp3) is 0.208. The van der Waals surface area contributed by atoms with Gasteiger partial charge in [0.05, 0.1) is 25.3 Å². The molecule has 0 saturated heterocycles. The summed E-state index contributed by atoms with van der Waals surface area (Å²) in [7, 11) is 1.68. The van der Waals surface area contributed by atoms with Crippen molar-refractivity contribution in [1.29, 1.82) is 0 Å². The molecular formula is C24H24N2O3. The van der Waals surface area contributed by atoms with Gasteiger partial charge in [0.15, 0.2) is 0 Å². The zero-order valence-electron chi connectivity index (χ0n) is 16.6. The third kappa shape index (κ3) is 3.45. The minimum Gasteiger partial charge on any atom is -0.494 e. The number of primary amides is 1. The molecule has 0 radical (unpaired) electrons. The molecule has 1 heterocycles. The molecule has 0 aliphatic carbocycles. The number of hydrogen-bond donors (Lipinski definition) is 1. The van der Waals surface area contributed by atoms with Gasteiger partial charge in [-0.25, -0.2) is 0 Å². The number of benzene rings is 3. The fourth-order valence-corrected chi connectivity index (χ4v) is 3.92. The highest BCUT2D eigenvalue weighted by Crippen LogP contribution is 2.34. The summed E-state index contributed by atoms with van der Waals surface area (Å²) in [6.07, 6.45) is 0. The Hall–Kier alpha value is -3.31. The molecule has 29 heavy (non-hydrogen) atoms. The maximum absolute atomic E-state index is 12.1. The van der Waals surface area contributed by atoms with Gasteiger partial charge in [-0.2, -0.15) is 0 Å². The topological polar surface area (TPSA) is 66.5 Å². The van der Waals surface area contributed by atoms with Crippen LogP contribution >= 0.6 is 0 Å². The SMILES string of the molecule is CCOc1ccccc1Cn1c2cc(COC)ccc2c2c(C(N)=O)cccc21. The first-order valence-corrected chi connectivity index (χ1v) is 9.67. The van der Waals surface area contributed by atoms with Crippen LogP contribution in [0.2, 0.25) is 0 Å². The van der Waals surface area contributed by atoms with Crippen molar-refractivity contribution in [2.24, 2.45) is 5.73 Å². The van der Waals surface area contributed by atoms with Crippen LogP contribution in [0.3, 0.4) is 0 Å². The van der Waals surface area contributed by atoms with Gasteiger partial charge in [-0.05, 0) is 36.8 Å². The molecule has 0 saturated carbocycles. The van der Waals surface area contributed by atoms with E-state index in [0.29, 0.717) is 25.3 Å². The average Bonchev–Trinajstić information content (AvgIpc) is 3.03. The second kappa shape index (κ2) is 7.97. The largest absolute Gasteiger partial charge is 0.494 e. The predicted octanol–water partition coefficient (Wildman–Crippen LogP) is 4.49. The quantitative estimate of drug-likeness (QED) is 0.507. The lowest BCUT2D eigenvalue weighted by molar-refractivity contribution is 0.100. The number of hydrogen-bond acceptors (Lipinski definition) is 3. The molecule has 0 aliphatic heterocycles. The predicted molar refractivity (Wildman–Crippen MR) is 115 cm³/mol. The van der Waals surface area contributed by atoms with E-state index in [1.807, 2.05) is 49.4 Å². The Morgan fingerprint density at radius 3 is 2.62 bits per heavy atom. The normalized spacial score (nSPS) is 11.2. The lowest BCUT2D eigenvalue weighted by Gasteiger charge is -2.13. The number of carbonyl (C=O) groups is 1. The molecule has 4 aromatic rings. The molecule has 0 fully saturated rings. The first-order valence-electron chi connectivity index (χ1n) is 9.67. The molecule has 148 valence electrons. The number of para-hydroxylation sites is 1. The summed E-state index contributed by atoms with van der Waals surface area (Å²) in [6, 6.07) is 19.9. The van der Waals surface area contributed by atoms with Crippen molar-refractivity contribution < 1.29 is 14.3 Å². The zero-order valence-corrected chi connectivity index (χ0v) is 16.6. The van der Waals surface area contributed by atoms with E-state index < -0.39 is 5.91 Å². The van der Waals surface area contributed by atoms with Gasteiger partial charge in [-0.3, -0.25) is 4.79 Å². The molecule has 0 atom stereocenters. The molecule has 5 heteroatoms. The van der Waals surface area contributed by atoms with E-state index in [2.05, 4.69) is 16.7 Å². The van der Waals surface area contributed by atoms with Crippen molar-refractivity contribution >= 4 is 27.7 Å². The van der Waals surface area contributed by atoms with Crippen LogP contribution in [0.25, 0.3) is 21.8 Å². The Morgan fingerprint density at radius 2 is 1.86 bits per heavy atom. The van der Waals surface area contributed by atoms with Crippen LogP contribution < -0.4 is 10.5 Å². The van der Waals surface area contributed by atoms with Crippen LogP contribution in [-0.2, 0) is 17.9 Å². The van der Waals surface area contributed by atoms with E-state index in [-0.39, 0.29) is 0 Å². The van der Waals surface area contributed by atoms with Crippen molar-refractivity contribution in [2.45, 2.75) is 20.1 Å². The summed E-state index contributed by atoms with van der Waals surface area (Å²) in [5.41, 5.74) is 10.4. The third-order valence-electron chi connectivity index (χ3n) is 5.13. The Bertz CT molecular complexity index is 1190. The van der Waals surface area contributed by atoms with Gasteiger partial charge >= 0.3 is 0 Å². The Labute approximate surface area is 169 Å². The van der Waals surface area contributed by atoms with Gasteiger partial charge < -0.3 is 19.8 Å². The smallest absolute Gasteiger partial charge is 0.249 e. The van der Waals surface area contributed by atoms with Gasteiger partial charge in [-0.15, -0.1) is 0 Å². The van der Waals surface area contributed by atoms with Crippen LogP contribution in [-0.4, -0.2) is 24.2 Å². The number of nitrogens with zero attached hydrogens (tertiary/aromatic N) is 1. The highest BCUT2D eigenvalue weighted by molar-refractivity contribution is 6.18. The minimum atomic E-state index is -0.426. The van der Waals surface area contributed by atoms with Gasteiger partial charge in [0.25, 0.3) is 0 Å². The second-order valence-electron chi connectivity index (χ2n) is 6.98. The monoisotopic (exact) mass is 388 g/mol. The number of amides is 1. The summed E-state index contributed by atoms with van der Waals surface area (Å²) in [5, 5.41) is 1.89. The summed E-state index contributed by atoms with van der Waals surface area (Å²) >= 11 is 0. The molecule has 3 aromatic carbocycles. The molecular weight excluding hydrogens is 364 g/mol. The summed E-state index contributed by atoms with van der Waals surface area (Å²) in [4.78, 5) is 12.1. The number of ether oxygens (including phenoxy) is 2. The molecule has 4 rings (SSSR count). The number of fused-ring (bicyclic) bond motifs is 3. The van der Waals surface area contributed by atoms with Gasteiger partial charge in [0.2, 0.25) is 5.91 Å². The zero-order chi connectivity index (χ0) is 20.4. The molecule has 0 spiro atoms. The van der Waals surface area contributed by atoms with Gasteiger partial charge in [0.1, 0.15) is 5.75 Å². The van der Waals surface area contributed by atoms with Crippen LogP contribution in [0.5, 0.6) is 5.75 Å². The number of rotatable bonds is 7. The lowest BCUT2D eigenvalue weighted by Crippen LogP contribution is -2.11. The van der Waals surface area contributed by atoms with E-state index in [9.17, 15) is 4.79 Å². The molecule has 5 nitrogen and oxygen atoms in total. The molecule has 0 unspecified atom stereocenters. The number of nitrogens with two attached hydrogens (primary N) is 1. The van der Waals surface area contributed by atoms with Crippen molar-refractivity contribution in [2.75, 3.05) is 13.7 Å². The molecule has 0 bridgehead atoms. The Kier molecular flexibility index (Phi) is 5.23. The van der Waals surface area contributed by atoms with Crippen molar-refractivity contribution in [3.8, 4) is 5.75 Å². The third-order valence-corrected chi connectivity index (χ3v) is 5.13. The lowest BCUT2D eigenvalue weighted by atomic mass is 10.0. The van der Waals surface area contributed by atoms with Crippen LogP contribution in [0, 0.1) is 0 Å². The number of aromatic nitrogens is 1. The van der Waals surface area contributed by atoms with Gasteiger partial charge in [0, 0.05) is 34.5 Å². The van der Waals surface area contributed by atoms with Crippen LogP contribution in [0.15, 0.2) is 60.7 Å². The second-order valence-corrected chi connectivity index (χ2v) is 6.98. The first-order chi connectivity index (χ1) is 14.1. The van der Waals surface area contributed by atoms with E-state index in [4.69, 9.17) is 15.2 Å². The van der Waals surface area contributed by atoms with Crippen LogP contribution in [0.1, 0.15) is 28.4 Å². The fourth-order valence-electron chi connectivity index (χ4n) is 3.92. The highest BCUT2D eigenvalue weighted by atomic mass is 16.5. The Morgan fingerprint density at radius 1 is 1.03 bits per heavy atom. The summed E-state index contributed by atoms with van der Waals surface area (Å²) in [5.74, 6) is 0.439. The van der Waals surface area contributed by atoms with Gasteiger partial charge in [-0.1, -0.05) is 36.4 Å².